The molecule has 0 saturated carbocycles. The lowest BCUT2D eigenvalue weighted by Gasteiger charge is -2.05. The molecule has 3 rings (SSSR count). The van der Waals surface area contributed by atoms with Crippen molar-refractivity contribution in [2.75, 3.05) is 12.4 Å². The van der Waals surface area contributed by atoms with Gasteiger partial charge in [-0.3, -0.25) is 4.79 Å². The zero-order valence-corrected chi connectivity index (χ0v) is 11.3. The molecule has 0 atom stereocenters. The molecule has 1 N–H and O–H groups in total. The van der Waals surface area contributed by atoms with Crippen molar-refractivity contribution in [1.29, 1.82) is 0 Å². The van der Waals surface area contributed by atoms with Crippen LogP contribution in [0.1, 0.15) is 0 Å². The maximum atomic E-state index is 11.9. The van der Waals surface area contributed by atoms with E-state index in [-0.39, 0.29) is 5.56 Å². The van der Waals surface area contributed by atoms with Crippen molar-refractivity contribution in [2.24, 2.45) is 12.0 Å². The number of hydrogen-bond donors (Lipinski definition) is 1. The molecule has 2 aromatic rings. The Balaban J connectivity index is 2.63. The van der Waals surface area contributed by atoms with E-state index in [0.29, 0.717) is 16.0 Å². The molecule has 2 aromatic heterocycles. The first-order valence-corrected chi connectivity index (χ1v) is 5.98. The minimum absolute atomic E-state index is 0.308. The Morgan fingerprint density at radius 1 is 1.50 bits per heavy atom. The summed E-state index contributed by atoms with van der Waals surface area (Å²) in [5, 5.41) is 4.45. The second-order valence-electron chi connectivity index (χ2n) is 3.87. The molecule has 7 heteroatoms. The number of aryl methyl sites for hydroxylation is 1. The van der Waals surface area contributed by atoms with Gasteiger partial charge in [-0.1, -0.05) is 0 Å². The van der Waals surface area contributed by atoms with Crippen molar-refractivity contribution >= 4 is 44.7 Å². The van der Waals surface area contributed by atoms with E-state index in [1.807, 2.05) is 17.8 Å². The van der Waals surface area contributed by atoms with Crippen LogP contribution >= 0.6 is 15.9 Å². The zero-order valence-electron chi connectivity index (χ0n) is 9.69. The molecule has 0 radical (unpaired) electrons. The van der Waals surface area contributed by atoms with Gasteiger partial charge in [-0.25, -0.2) is 4.99 Å². The van der Waals surface area contributed by atoms with Crippen LogP contribution in [0.3, 0.4) is 0 Å². The Morgan fingerprint density at radius 3 is 3.00 bits per heavy atom. The molecule has 6 nitrogen and oxygen atoms in total. The van der Waals surface area contributed by atoms with E-state index in [1.54, 1.807) is 0 Å². The zero-order chi connectivity index (χ0) is 12.9. The number of aliphatic imine (C=N–C) groups is 1. The van der Waals surface area contributed by atoms with Crippen LogP contribution in [-0.2, 0) is 7.05 Å². The maximum Gasteiger partial charge on any atom is 0.289 e. The van der Waals surface area contributed by atoms with E-state index in [9.17, 15) is 4.79 Å². The SMILES string of the molecule is COc1c(Br)c(=O)nc2c3c(n(C)cc13)N=CN2. The van der Waals surface area contributed by atoms with Gasteiger partial charge in [-0.05, 0) is 15.9 Å². The largest absolute Gasteiger partial charge is 0.495 e. The van der Waals surface area contributed by atoms with Crippen LogP contribution in [0.2, 0.25) is 0 Å². The lowest BCUT2D eigenvalue weighted by atomic mass is 10.2. The molecule has 0 amide bonds. The highest BCUT2D eigenvalue weighted by Crippen LogP contribution is 2.39. The summed E-state index contributed by atoms with van der Waals surface area (Å²) in [4.78, 5) is 20.1. The smallest absolute Gasteiger partial charge is 0.289 e. The summed E-state index contributed by atoms with van der Waals surface area (Å²) in [6.45, 7) is 0. The summed E-state index contributed by atoms with van der Waals surface area (Å²) in [6, 6.07) is 0. The van der Waals surface area contributed by atoms with Crippen molar-refractivity contribution in [3.63, 3.8) is 0 Å². The van der Waals surface area contributed by atoms with Crippen LogP contribution in [0.15, 0.2) is 20.5 Å². The van der Waals surface area contributed by atoms with Crippen molar-refractivity contribution in [2.45, 2.75) is 0 Å². The van der Waals surface area contributed by atoms with Crippen LogP contribution in [0.4, 0.5) is 11.6 Å². The van der Waals surface area contributed by atoms with Crippen LogP contribution in [0.25, 0.3) is 10.8 Å². The third kappa shape index (κ3) is 1.37. The molecule has 0 fully saturated rings. The monoisotopic (exact) mass is 308 g/mol. The lowest BCUT2D eigenvalue weighted by Crippen LogP contribution is -2.09. The van der Waals surface area contributed by atoms with E-state index in [4.69, 9.17) is 4.74 Å². The molecule has 92 valence electrons. The molecule has 0 bridgehead atoms. The van der Waals surface area contributed by atoms with Crippen LogP contribution in [-0.4, -0.2) is 23.0 Å². The number of anilines is 1. The molecule has 18 heavy (non-hydrogen) atoms. The summed E-state index contributed by atoms with van der Waals surface area (Å²) < 4.78 is 7.49. The Hall–Kier alpha value is -1.89. The highest BCUT2D eigenvalue weighted by atomic mass is 79.9. The third-order valence-electron chi connectivity index (χ3n) is 2.82. The highest BCUT2D eigenvalue weighted by molar-refractivity contribution is 9.10. The quantitative estimate of drug-likeness (QED) is 0.872. The van der Waals surface area contributed by atoms with Gasteiger partial charge in [0.05, 0.1) is 18.8 Å². The molecule has 0 aliphatic carbocycles. The number of aromatic nitrogens is 2. The maximum absolute atomic E-state index is 11.9. The number of halogens is 1. The summed E-state index contributed by atoms with van der Waals surface area (Å²) in [7, 11) is 3.40. The molecule has 1 aliphatic rings. The molecule has 3 heterocycles. The topological polar surface area (TPSA) is 68.5 Å². The Bertz CT molecular complexity index is 751. The molecule has 0 aromatic carbocycles. The van der Waals surface area contributed by atoms with Gasteiger partial charge in [0.15, 0.2) is 0 Å². The minimum atomic E-state index is -0.380. The minimum Gasteiger partial charge on any atom is -0.495 e. The van der Waals surface area contributed by atoms with E-state index in [0.717, 1.165) is 16.6 Å². The first-order valence-electron chi connectivity index (χ1n) is 5.19. The summed E-state index contributed by atoms with van der Waals surface area (Å²) in [5.41, 5.74) is -0.380. The van der Waals surface area contributed by atoms with Gasteiger partial charge in [-0.2, -0.15) is 4.98 Å². The van der Waals surface area contributed by atoms with E-state index < -0.39 is 0 Å². The van der Waals surface area contributed by atoms with Crippen molar-refractivity contribution in [3.8, 4) is 5.75 Å². The predicted molar refractivity (Wildman–Crippen MR) is 73.0 cm³/mol. The average molecular weight is 309 g/mol. The fraction of sp³-hybridized carbons (Fsp3) is 0.182. The first-order chi connectivity index (χ1) is 8.63. The summed E-state index contributed by atoms with van der Waals surface area (Å²) in [5.74, 6) is 1.70. The number of methoxy groups -OCH3 is 1. The van der Waals surface area contributed by atoms with Gasteiger partial charge in [0.25, 0.3) is 5.56 Å². The fourth-order valence-electron chi connectivity index (χ4n) is 2.06. The number of nitrogens with zero attached hydrogens (tertiary/aromatic N) is 3. The number of rotatable bonds is 1. The van der Waals surface area contributed by atoms with Crippen molar-refractivity contribution in [3.05, 3.63) is 21.0 Å². The summed E-state index contributed by atoms with van der Waals surface area (Å²) in [6.07, 6.45) is 3.38. The highest BCUT2D eigenvalue weighted by Gasteiger charge is 2.20. The van der Waals surface area contributed by atoms with E-state index >= 15 is 0 Å². The number of hydrogen-bond acceptors (Lipinski definition) is 5. The Labute approximate surface area is 110 Å². The van der Waals surface area contributed by atoms with Gasteiger partial charge in [0.2, 0.25) is 0 Å². The molecule has 0 unspecified atom stereocenters. The Kier molecular flexibility index (Phi) is 2.37. The molecular formula is C11H9BrN4O2. The van der Waals surface area contributed by atoms with Crippen LogP contribution < -0.4 is 15.6 Å². The van der Waals surface area contributed by atoms with Gasteiger partial charge in [0.1, 0.15) is 21.9 Å². The van der Waals surface area contributed by atoms with Gasteiger partial charge in [-0.15, -0.1) is 0 Å². The molecular weight excluding hydrogens is 300 g/mol. The molecule has 0 spiro atoms. The second-order valence-corrected chi connectivity index (χ2v) is 4.66. The first kappa shape index (κ1) is 11.2. The van der Waals surface area contributed by atoms with Crippen LogP contribution in [0.5, 0.6) is 5.75 Å². The number of ether oxygens (including phenoxy) is 1. The molecule has 1 aliphatic heterocycles. The third-order valence-corrected chi connectivity index (χ3v) is 3.52. The second kappa shape index (κ2) is 3.81. The van der Waals surface area contributed by atoms with Crippen molar-refractivity contribution < 1.29 is 4.74 Å². The molecule has 0 saturated heterocycles. The standard InChI is InChI=1S/C11H9BrN4O2/c1-16-3-5-6-9(13-4-14-10(6)16)15-11(17)7(12)8(5)18-2/h3-4H,1-2H3,(H,13,14,15,17). The van der Waals surface area contributed by atoms with E-state index in [2.05, 4.69) is 31.2 Å². The van der Waals surface area contributed by atoms with Gasteiger partial charge in [0, 0.05) is 18.6 Å². The van der Waals surface area contributed by atoms with Gasteiger partial charge < -0.3 is 14.6 Å². The predicted octanol–water partition coefficient (Wildman–Crippen LogP) is 1.79. The summed E-state index contributed by atoms with van der Waals surface area (Å²) >= 11 is 3.23. The average Bonchev–Trinajstić information content (AvgIpc) is 2.64. The van der Waals surface area contributed by atoms with Crippen LogP contribution in [0, 0.1) is 0 Å². The van der Waals surface area contributed by atoms with Gasteiger partial charge >= 0.3 is 0 Å². The normalized spacial score (nSPS) is 12.6. The fourth-order valence-corrected chi connectivity index (χ4v) is 2.52. The van der Waals surface area contributed by atoms with E-state index in [1.165, 1.54) is 13.4 Å². The Morgan fingerprint density at radius 2 is 2.28 bits per heavy atom. The number of nitrogens with one attached hydrogen (secondary N) is 1. The lowest BCUT2D eigenvalue weighted by molar-refractivity contribution is 0.417. The van der Waals surface area contributed by atoms with Crippen molar-refractivity contribution in [1.82, 2.24) is 9.55 Å².